The van der Waals surface area contributed by atoms with Crippen LogP contribution in [0.5, 0.6) is 23.0 Å². The van der Waals surface area contributed by atoms with Crippen LogP contribution >= 0.6 is 0 Å². The highest BCUT2D eigenvalue weighted by atomic mass is 16.5. The normalized spacial score (nSPS) is 12.2. The van der Waals surface area contributed by atoms with Crippen LogP contribution in [-0.2, 0) is 0 Å². The highest BCUT2D eigenvalue weighted by molar-refractivity contribution is 5.96. The third kappa shape index (κ3) is 4.60. The lowest BCUT2D eigenvalue weighted by Crippen LogP contribution is -2.13. The van der Waals surface area contributed by atoms with Crippen molar-refractivity contribution in [3.8, 4) is 23.0 Å². The molecule has 0 aromatic heterocycles. The summed E-state index contributed by atoms with van der Waals surface area (Å²) in [5, 5.41) is 6.96. The van der Waals surface area contributed by atoms with E-state index in [9.17, 15) is 0 Å². The van der Waals surface area contributed by atoms with Crippen molar-refractivity contribution in [3.63, 3.8) is 0 Å². The second-order valence-corrected chi connectivity index (χ2v) is 10.1. The minimum Gasteiger partial charge on any atom is -0.490 e. The Balaban J connectivity index is 0.00000302. The molecule has 6 aromatic carbocycles. The van der Waals surface area contributed by atoms with Crippen molar-refractivity contribution in [1.29, 1.82) is 0 Å². The minimum atomic E-state index is -0.0318. The van der Waals surface area contributed by atoms with Crippen LogP contribution in [0, 0.1) is 0 Å². The molecule has 0 fully saturated rings. The number of hydrogen-bond donors (Lipinski definition) is 0. The van der Waals surface area contributed by atoms with Crippen LogP contribution in [0.25, 0.3) is 32.3 Å². The van der Waals surface area contributed by atoms with Crippen molar-refractivity contribution in [1.82, 2.24) is 0 Å². The fraction of sp³-hybridized carbons (Fsp3) is 0.105. The average molecular weight is 537 g/mol. The molecule has 7 rings (SSSR count). The first-order chi connectivity index (χ1) is 19.7. The summed E-state index contributed by atoms with van der Waals surface area (Å²) < 4.78 is 18.3. The maximum absolute atomic E-state index is 6.63. The third-order valence-electron chi connectivity index (χ3n) is 7.63. The van der Waals surface area contributed by atoms with Crippen LogP contribution in [0.1, 0.15) is 30.0 Å². The Hall–Kier alpha value is -5.02. The van der Waals surface area contributed by atoms with Gasteiger partial charge < -0.3 is 14.2 Å². The van der Waals surface area contributed by atoms with Gasteiger partial charge in [-0.15, -0.1) is 0 Å². The minimum absolute atomic E-state index is 0. The van der Waals surface area contributed by atoms with E-state index in [1.54, 1.807) is 12.2 Å². The fourth-order valence-corrected chi connectivity index (χ4v) is 5.87. The molecule has 1 aliphatic heterocycles. The topological polar surface area (TPSA) is 27.7 Å². The molecule has 6 aromatic rings. The lowest BCUT2D eigenvalue weighted by Gasteiger charge is -2.31. The zero-order valence-corrected chi connectivity index (χ0v) is 22.1. The molecule has 0 atom stereocenters. The molecule has 1 aliphatic rings. The predicted molar refractivity (Wildman–Crippen MR) is 171 cm³/mol. The van der Waals surface area contributed by atoms with Gasteiger partial charge >= 0.3 is 0 Å². The number of hydrogen-bond acceptors (Lipinski definition) is 3. The lowest BCUT2D eigenvalue weighted by molar-refractivity contribution is 0.363. The Morgan fingerprint density at radius 3 is 1.68 bits per heavy atom. The highest BCUT2D eigenvalue weighted by Crippen LogP contribution is 2.52. The Bertz CT molecular complexity index is 1830. The summed E-state index contributed by atoms with van der Waals surface area (Å²) in [5.41, 5.74) is 3.55. The first kappa shape index (κ1) is 26.2. The van der Waals surface area contributed by atoms with Crippen molar-refractivity contribution in [2.45, 2.75) is 13.3 Å². The molecule has 0 amide bonds. The molecular formula is C38H32O3. The van der Waals surface area contributed by atoms with Gasteiger partial charge in [0.1, 0.15) is 36.2 Å². The molecule has 41 heavy (non-hydrogen) atoms. The number of fused-ring (bicyclic) bond motifs is 7. The summed E-state index contributed by atoms with van der Waals surface area (Å²) in [6.45, 7) is 8.49. The molecule has 3 nitrogen and oxygen atoms in total. The first-order valence-electron chi connectivity index (χ1n) is 13.5. The SMILES string of the molecule is C.C=CCOc1ccc2c3c(ccc2c1)Oc1ccc2cc(OCC=C)ccc2c1C3c1ccc2ccccc2c1. The van der Waals surface area contributed by atoms with E-state index >= 15 is 0 Å². The molecule has 0 unspecified atom stereocenters. The Labute approximate surface area is 240 Å². The van der Waals surface area contributed by atoms with Gasteiger partial charge in [-0.25, -0.2) is 0 Å². The van der Waals surface area contributed by atoms with Gasteiger partial charge in [0, 0.05) is 17.0 Å². The molecule has 0 radical (unpaired) electrons. The fourth-order valence-electron chi connectivity index (χ4n) is 5.87. The summed E-state index contributed by atoms with van der Waals surface area (Å²) >= 11 is 0. The van der Waals surface area contributed by atoms with Gasteiger partial charge in [0.2, 0.25) is 0 Å². The summed E-state index contributed by atoms with van der Waals surface area (Å²) in [6.07, 6.45) is 3.52. The van der Waals surface area contributed by atoms with Gasteiger partial charge in [0.15, 0.2) is 0 Å². The zero-order chi connectivity index (χ0) is 27.1. The van der Waals surface area contributed by atoms with Gasteiger partial charge in [-0.05, 0) is 74.3 Å². The van der Waals surface area contributed by atoms with E-state index in [1.165, 1.54) is 16.3 Å². The first-order valence-corrected chi connectivity index (χ1v) is 13.5. The van der Waals surface area contributed by atoms with E-state index in [4.69, 9.17) is 14.2 Å². The summed E-state index contributed by atoms with van der Waals surface area (Å²) in [5.74, 6) is 3.37. The molecule has 202 valence electrons. The maximum atomic E-state index is 6.63. The molecule has 0 bridgehead atoms. The van der Waals surface area contributed by atoms with Crippen LogP contribution in [0.2, 0.25) is 0 Å². The number of ether oxygens (including phenoxy) is 3. The van der Waals surface area contributed by atoms with E-state index in [-0.39, 0.29) is 13.3 Å². The lowest BCUT2D eigenvalue weighted by atomic mass is 9.78. The van der Waals surface area contributed by atoms with Gasteiger partial charge in [-0.3, -0.25) is 0 Å². The smallest absolute Gasteiger partial charge is 0.132 e. The largest absolute Gasteiger partial charge is 0.490 e. The van der Waals surface area contributed by atoms with Crippen molar-refractivity contribution in [2.24, 2.45) is 0 Å². The van der Waals surface area contributed by atoms with Crippen molar-refractivity contribution in [3.05, 3.63) is 145 Å². The predicted octanol–water partition coefficient (Wildman–Crippen LogP) is 10.2. The van der Waals surface area contributed by atoms with E-state index in [0.29, 0.717) is 13.2 Å². The summed E-state index contributed by atoms with van der Waals surface area (Å²) in [4.78, 5) is 0. The Morgan fingerprint density at radius 1 is 0.585 bits per heavy atom. The molecule has 0 aliphatic carbocycles. The van der Waals surface area contributed by atoms with Crippen LogP contribution in [-0.4, -0.2) is 13.2 Å². The molecule has 1 heterocycles. The van der Waals surface area contributed by atoms with Gasteiger partial charge in [0.05, 0.1) is 0 Å². The molecule has 0 saturated heterocycles. The molecule has 0 N–H and O–H groups in total. The maximum Gasteiger partial charge on any atom is 0.132 e. The standard InChI is InChI=1S/C37H28O3.CH4/c1-3-19-38-29-13-15-31-26(22-29)11-17-33-36(31)35(28-10-9-24-7-5-6-8-25(24)21-28)37-32-16-14-30(39-20-4-2)23-27(32)12-18-34(37)40-33;/h3-18,21-23,35H,1-2,19-20H2;1H4. The average Bonchev–Trinajstić information content (AvgIpc) is 3.01. The van der Waals surface area contributed by atoms with Gasteiger partial charge in [0.25, 0.3) is 0 Å². The Kier molecular flexibility index (Phi) is 6.94. The van der Waals surface area contributed by atoms with Crippen molar-refractivity contribution in [2.75, 3.05) is 13.2 Å². The monoisotopic (exact) mass is 536 g/mol. The van der Waals surface area contributed by atoms with Crippen LogP contribution in [0.3, 0.4) is 0 Å². The second kappa shape index (κ2) is 10.9. The third-order valence-corrected chi connectivity index (χ3v) is 7.63. The molecule has 0 saturated carbocycles. The van der Waals surface area contributed by atoms with E-state index in [2.05, 4.69) is 104 Å². The van der Waals surface area contributed by atoms with Gasteiger partial charge in [-0.2, -0.15) is 0 Å². The summed E-state index contributed by atoms with van der Waals surface area (Å²) in [6, 6.07) is 36.3. The van der Waals surface area contributed by atoms with Crippen molar-refractivity contribution < 1.29 is 14.2 Å². The quantitative estimate of drug-likeness (QED) is 0.190. The highest BCUT2D eigenvalue weighted by Gasteiger charge is 2.32. The summed E-state index contributed by atoms with van der Waals surface area (Å²) in [7, 11) is 0. The number of benzene rings is 6. The Morgan fingerprint density at radius 2 is 1.12 bits per heavy atom. The van der Waals surface area contributed by atoms with Crippen LogP contribution < -0.4 is 14.2 Å². The molecule has 3 heteroatoms. The van der Waals surface area contributed by atoms with E-state index in [0.717, 1.165) is 55.7 Å². The molecular weight excluding hydrogens is 504 g/mol. The van der Waals surface area contributed by atoms with Crippen LogP contribution in [0.4, 0.5) is 0 Å². The van der Waals surface area contributed by atoms with E-state index in [1.807, 2.05) is 12.1 Å². The van der Waals surface area contributed by atoms with Crippen LogP contribution in [0.15, 0.2) is 128 Å². The second-order valence-electron chi connectivity index (χ2n) is 10.1. The van der Waals surface area contributed by atoms with Gasteiger partial charge in [-0.1, -0.05) is 99.5 Å². The zero-order valence-electron chi connectivity index (χ0n) is 22.1. The number of rotatable bonds is 7. The molecule has 0 spiro atoms. The van der Waals surface area contributed by atoms with Crippen molar-refractivity contribution >= 4 is 32.3 Å². The van der Waals surface area contributed by atoms with E-state index < -0.39 is 0 Å².